The van der Waals surface area contributed by atoms with E-state index in [4.69, 9.17) is 26.2 Å². The summed E-state index contributed by atoms with van der Waals surface area (Å²) in [5, 5.41) is 35.6. The molecule has 0 bridgehead atoms. The van der Waals surface area contributed by atoms with Gasteiger partial charge in [-0.15, -0.1) is 0 Å². The molecule has 6 N–H and O–H groups in total. The molecule has 0 aromatic carbocycles. The maximum atomic E-state index is 8.91. The maximum Gasteiger partial charge on any atom is 0.110 e. The summed E-state index contributed by atoms with van der Waals surface area (Å²) in [7, 11) is 0. The molecule has 0 amide bonds. The van der Waals surface area contributed by atoms with Gasteiger partial charge in [0.15, 0.2) is 0 Å². The topological polar surface area (TPSA) is 107 Å². The Morgan fingerprint density at radius 1 is 0.700 bits per heavy atom. The maximum absolute atomic E-state index is 8.91. The summed E-state index contributed by atoms with van der Waals surface area (Å²) in [6.07, 6.45) is -5.12. The fourth-order valence-corrected chi connectivity index (χ4v) is 1.06. The van der Waals surface area contributed by atoms with Gasteiger partial charge in [-0.25, -0.2) is 0 Å². The Hall–Kier alpha value is -0.200. The van der Waals surface area contributed by atoms with Crippen LogP contribution < -0.4 is 5.73 Å². The van der Waals surface area contributed by atoms with Gasteiger partial charge in [0.25, 0.3) is 0 Å². The van der Waals surface area contributed by atoms with Crippen LogP contribution in [0.5, 0.6) is 0 Å². The van der Waals surface area contributed by atoms with Crippen molar-refractivity contribution in [2.45, 2.75) is 30.5 Å². The van der Waals surface area contributed by atoms with Gasteiger partial charge in [-0.1, -0.05) is 0 Å². The Bertz CT molecular complexity index is 86.0. The van der Waals surface area contributed by atoms with Gasteiger partial charge >= 0.3 is 0 Å². The Kier molecular flexibility index (Phi) is 1.93. The molecule has 1 fully saturated rings. The van der Waals surface area contributed by atoms with Gasteiger partial charge in [0.1, 0.15) is 24.4 Å². The second-order valence-electron chi connectivity index (χ2n) is 2.54. The molecule has 60 valence electrons. The molecule has 5 heteroatoms. The largest absolute Gasteiger partial charge is 0.389 e. The summed E-state index contributed by atoms with van der Waals surface area (Å²) in [6, 6.07) is -0.954. The third-order valence-corrected chi connectivity index (χ3v) is 1.84. The Morgan fingerprint density at radius 3 is 1.10 bits per heavy atom. The smallest absolute Gasteiger partial charge is 0.110 e. The molecule has 1 rings (SSSR count). The molecule has 0 aliphatic heterocycles. The molecule has 1 aliphatic rings. The number of hydrogen-bond acceptors (Lipinski definition) is 5. The van der Waals surface area contributed by atoms with Gasteiger partial charge in [0.05, 0.1) is 6.04 Å². The van der Waals surface area contributed by atoms with E-state index in [0.29, 0.717) is 0 Å². The van der Waals surface area contributed by atoms with Crippen LogP contribution >= 0.6 is 0 Å². The predicted octanol–water partition coefficient (Wildman–Crippen LogP) is -3.23. The second kappa shape index (κ2) is 2.44. The highest BCUT2D eigenvalue weighted by Gasteiger charge is 2.46. The van der Waals surface area contributed by atoms with Crippen LogP contribution in [0.1, 0.15) is 0 Å². The molecule has 0 saturated heterocycles. The van der Waals surface area contributed by atoms with Gasteiger partial charge in [-0.2, -0.15) is 0 Å². The fourth-order valence-electron chi connectivity index (χ4n) is 1.06. The summed E-state index contributed by atoms with van der Waals surface area (Å²) in [5.74, 6) is 0. The van der Waals surface area contributed by atoms with Crippen LogP contribution in [0, 0.1) is 0 Å². The summed E-state index contributed by atoms with van der Waals surface area (Å²) in [4.78, 5) is 0. The first-order valence-electron chi connectivity index (χ1n) is 3.03. The van der Waals surface area contributed by atoms with E-state index >= 15 is 0 Å². The van der Waals surface area contributed by atoms with Crippen molar-refractivity contribution in [3.63, 3.8) is 0 Å². The van der Waals surface area contributed by atoms with Crippen molar-refractivity contribution in [3.8, 4) is 0 Å². The standard InChI is InChI=1S/C5H11NO4/c6-1-2(7)4(9)5(10)3(1)8/h1-5,7-10H,6H2/t2-,3-,4+,5+/m0/s1. The van der Waals surface area contributed by atoms with E-state index in [1.54, 1.807) is 0 Å². The molecule has 0 aromatic rings. The first kappa shape index (κ1) is 7.90. The highest BCUT2D eigenvalue weighted by Crippen LogP contribution is 2.19. The van der Waals surface area contributed by atoms with Crippen molar-refractivity contribution in [2.75, 3.05) is 0 Å². The van der Waals surface area contributed by atoms with Crippen LogP contribution in [0.15, 0.2) is 0 Å². The summed E-state index contributed by atoms with van der Waals surface area (Å²) < 4.78 is 0. The van der Waals surface area contributed by atoms with Crippen molar-refractivity contribution < 1.29 is 20.4 Å². The lowest BCUT2D eigenvalue weighted by Crippen LogP contribution is -2.40. The van der Waals surface area contributed by atoms with E-state index in [-0.39, 0.29) is 0 Å². The number of nitrogens with two attached hydrogens (primary N) is 1. The molecule has 0 heterocycles. The Labute approximate surface area is 57.7 Å². The molecule has 0 spiro atoms. The lowest BCUT2D eigenvalue weighted by Gasteiger charge is -2.11. The minimum atomic E-state index is -1.33. The van der Waals surface area contributed by atoms with Crippen molar-refractivity contribution in [1.82, 2.24) is 0 Å². The second-order valence-corrected chi connectivity index (χ2v) is 2.54. The predicted molar refractivity (Wildman–Crippen MR) is 32.0 cm³/mol. The lowest BCUT2D eigenvalue weighted by molar-refractivity contribution is -0.0413. The van der Waals surface area contributed by atoms with E-state index in [9.17, 15) is 0 Å². The third-order valence-electron chi connectivity index (χ3n) is 1.84. The first-order chi connectivity index (χ1) is 4.55. The SMILES string of the molecule is NC1[C@H](O)[C@@H](O)[C@H](O)[C@H]1O. The van der Waals surface area contributed by atoms with Gasteiger partial charge in [-0.3, -0.25) is 0 Å². The normalized spacial score (nSPS) is 50.1. The average Bonchev–Trinajstić information content (AvgIpc) is 2.07. The van der Waals surface area contributed by atoms with Crippen LogP contribution in [0.2, 0.25) is 0 Å². The van der Waals surface area contributed by atoms with Crippen LogP contribution in [0.3, 0.4) is 0 Å². The van der Waals surface area contributed by atoms with Crippen molar-refractivity contribution in [2.24, 2.45) is 5.73 Å². The molecule has 5 nitrogen and oxygen atoms in total. The average molecular weight is 149 g/mol. The lowest BCUT2D eigenvalue weighted by atomic mass is 10.2. The van der Waals surface area contributed by atoms with Gasteiger partial charge in [0.2, 0.25) is 0 Å². The van der Waals surface area contributed by atoms with Crippen molar-refractivity contribution in [3.05, 3.63) is 0 Å². The first-order valence-corrected chi connectivity index (χ1v) is 3.03. The highest BCUT2D eigenvalue weighted by atomic mass is 16.4. The van der Waals surface area contributed by atoms with E-state index in [1.807, 2.05) is 0 Å². The highest BCUT2D eigenvalue weighted by molar-refractivity contribution is 5.00. The van der Waals surface area contributed by atoms with Crippen LogP contribution in [-0.4, -0.2) is 50.9 Å². The molecule has 0 radical (unpaired) electrons. The Balaban J connectivity index is 2.68. The molecule has 0 unspecified atom stereocenters. The van der Waals surface area contributed by atoms with Crippen LogP contribution in [0.25, 0.3) is 0 Å². The molecular weight excluding hydrogens is 138 g/mol. The minimum absolute atomic E-state index is 0.954. The molecular formula is C5H11NO4. The third kappa shape index (κ3) is 0.920. The van der Waals surface area contributed by atoms with Crippen molar-refractivity contribution >= 4 is 0 Å². The zero-order valence-electron chi connectivity index (χ0n) is 5.25. The number of hydrogen-bond donors (Lipinski definition) is 5. The van der Waals surface area contributed by atoms with Gasteiger partial charge < -0.3 is 26.2 Å². The van der Waals surface area contributed by atoms with Crippen LogP contribution in [0.4, 0.5) is 0 Å². The molecule has 4 atom stereocenters. The van der Waals surface area contributed by atoms with Crippen LogP contribution in [-0.2, 0) is 0 Å². The number of aliphatic hydroxyl groups excluding tert-OH is 4. The summed E-state index contributed by atoms with van der Waals surface area (Å²) in [6.45, 7) is 0. The zero-order valence-corrected chi connectivity index (χ0v) is 5.25. The minimum Gasteiger partial charge on any atom is -0.389 e. The quantitative estimate of drug-likeness (QED) is 0.249. The molecule has 10 heavy (non-hydrogen) atoms. The number of aliphatic hydroxyl groups is 4. The number of rotatable bonds is 0. The van der Waals surface area contributed by atoms with E-state index in [1.165, 1.54) is 0 Å². The van der Waals surface area contributed by atoms with Crippen molar-refractivity contribution in [1.29, 1.82) is 0 Å². The van der Waals surface area contributed by atoms with E-state index in [0.717, 1.165) is 0 Å². The van der Waals surface area contributed by atoms with E-state index in [2.05, 4.69) is 0 Å². The summed E-state index contributed by atoms with van der Waals surface area (Å²) >= 11 is 0. The summed E-state index contributed by atoms with van der Waals surface area (Å²) in [5.41, 5.74) is 5.18. The zero-order chi connectivity index (χ0) is 7.89. The van der Waals surface area contributed by atoms with Gasteiger partial charge in [0, 0.05) is 0 Å². The molecule has 1 aliphatic carbocycles. The Morgan fingerprint density at radius 2 is 1.00 bits per heavy atom. The monoisotopic (exact) mass is 149 g/mol. The molecule has 0 aromatic heterocycles. The van der Waals surface area contributed by atoms with Gasteiger partial charge in [-0.05, 0) is 0 Å². The molecule has 1 saturated carbocycles. The van der Waals surface area contributed by atoms with E-state index < -0.39 is 30.5 Å². The fraction of sp³-hybridized carbons (Fsp3) is 1.00.